The fourth-order valence-corrected chi connectivity index (χ4v) is 2.39. The number of nitrogens with zero attached hydrogens (tertiary/aromatic N) is 1. The quantitative estimate of drug-likeness (QED) is 0.760. The number of hydrogen-bond acceptors (Lipinski definition) is 3. The Labute approximate surface area is 108 Å². The summed E-state index contributed by atoms with van der Waals surface area (Å²) in [7, 11) is 0. The van der Waals surface area contributed by atoms with E-state index in [1.54, 1.807) is 6.20 Å². The lowest BCUT2D eigenvalue weighted by Gasteiger charge is -2.05. The SMILES string of the molecule is O=C(Nc1ccc2ncccc2c1)c1ccsc1. The number of pyridine rings is 1. The summed E-state index contributed by atoms with van der Waals surface area (Å²) in [5, 5.41) is 7.61. The van der Waals surface area contributed by atoms with Gasteiger partial charge in [-0.3, -0.25) is 9.78 Å². The van der Waals surface area contributed by atoms with Gasteiger partial charge in [0.1, 0.15) is 0 Å². The van der Waals surface area contributed by atoms with E-state index >= 15 is 0 Å². The highest BCUT2D eigenvalue weighted by Crippen LogP contribution is 2.18. The monoisotopic (exact) mass is 254 g/mol. The number of nitrogens with one attached hydrogen (secondary N) is 1. The van der Waals surface area contributed by atoms with E-state index in [0.717, 1.165) is 16.6 Å². The molecule has 1 N–H and O–H groups in total. The summed E-state index contributed by atoms with van der Waals surface area (Å²) >= 11 is 1.51. The minimum absolute atomic E-state index is 0.0838. The van der Waals surface area contributed by atoms with E-state index < -0.39 is 0 Å². The second-order valence-electron chi connectivity index (χ2n) is 3.88. The highest BCUT2D eigenvalue weighted by molar-refractivity contribution is 7.08. The van der Waals surface area contributed by atoms with Crippen LogP contribution in [0.5, 0.6) is 0 Å². The Bertz CT molecular complexity index is 692. The van der Waals surface area contributed by atoms with Crippen molar-refractivity contribution in [1.82, 2.24) is 4.98 Å². The van der Waals surface area contributed by atoms with Crippen molar-refractivity contribution >= 4 is 33.8 Å². The van der Waals surface area contributed by atoms with Crippen molar-refractivity contribution in [3.05, 3.63) is 58.9 Å². The standard InChI is InChI=1S/C14H10N2OS/c17-14(11-5-7-18-9-11)16-12-3-4-13-10(8-12)2-1-6-15-13/h1-9H,(H,16,17). The highest BCUT2D eigenvalue weighted by atomic mass is 32.1. The van der Waals surface area contributed by atoms with Gasteiger partial charge in [-0.1, -0.05) is 6.07 Å². The van der Waals surface area contributed by atoms with Gasteiger partial charge in [0, 0.05) is 22.7 Å². The Hall–Kier alpha value is -2.20. The van der Waals surface area contributed by atoms with Gasteiger partial charge in [0.05, 0.1) is 11.1 Å². The summed E-state index contributed by atoms with van der Waals surface area (Å²) in [5.74, 6) is -0.0838. The smallest absolute Gasteiger partial charge is 0.256 e. The number of fused-ring (bicyclic) bond motifs is 1. The van der Waals surface area contributed by atoms with Crippen LogP contribution in [0.3, 0.4) is 0 Å². The van der Waals surface area contributed by atoms with E-state index in [9.17, 15) is 4.79 Å². The molecule has 0 saturated heterocycles. The molecule has 3 rings (SSSR count). The summed E-state index contributed by atoms with van der Waals surface area (Å²) in [6.07, 6.45) is 1.76. The molecule has 1 aromatic carbocycles. The van der Waals surface area contributed by atoms with Crippen LogP contribution < -0.4 is 5.32 Å². The maximum absolute atomic E-state index is 11.9. The normalized spacial score (nSPS) is 10.4. The van der Waals surface area contributed by atoms with Crippen molar-refractivity contribution in [1.29, 1.82) is 0 Å². The first-order valence-electron chi connectivity index (χ1n) is 5.51. The van der Waals surface area contributed by atoms with Gasteiger partial charge in [-0.25, -0.2) is 0 Å². The second kappa shape index (κ2) is 4.58. The van der Waals surface area contributed by atoms with Gasteiger partial charge in [0.2, 0.25) is 0 Å². The van der Waals surface area contributed by atoms with Crippen LogP contribution in [0.15, 0.2) is 53.4 Å². The lowest BCUT2D eigenvalue weighted by atomic mass is 10.2. The number of thiophene rings is 1. The van der Waals surface area contributed by atoms with Gasteiger partial charge in [-0.15, -0.1) is 0 Å². The van der Waals surface area contributed by atoms with E-state index in [0.29, 0.717) is 5.56 Å². The molecule has 3 nitrogen and oxygen atoms in total. The predicted octanol–water partition coefficient (Wildman–Crippen LogP) is 3.55. The highest BCUT2D eigenvalue weighted by Gasteiger charge is 2.06. The molecule has 0 aliphatic carbocycles. The van der Waals surface area contributed by atoms with E-state index in [4.69, 9.17) is 0 Å². The molecule has 0 aliphatic heterocycles. The zero-order valence-corrected chi connectivity index (χ0v) is 10.3. The molecule has 4 heteroatoms. The molecule has 0 atom stereocenters. The van der Waals surface area contributed by atoms with Gasteiger partial charge < -0.3 is 5.32 Å². The molecule has 0 saturated carbocycles. The van der Waals surface area contributed by atoms with Gasteiger partial charge >= 0.3 is 0 Å². The third-order valence-corrected chi connectivity index (χ3v) is 3.33. The van der Waals surface area contributed by atoms with Crippen molar-refractivity contribution in [2.45, 2.75) is 0 Å². The summed E-state index contributed by atoms with van der Waals surface area (Å²) in [6.45, 7) is 0. The molecule has 1 amide bonds. The van der Waals surface area contributed by atoms with Crippen LogP contribution in [0.2, 0.25) is 0 Å². The molecule has 3 aromatic rings. The summed E-state index contributed by atoms with van der Waals surface area (Å²) in [4.78, 5) is 16.1. The van der Waals surface area contributed by atoms with Crippen molar-refractivity contribution in [3.63, 3.8) is 0 Å². The van der Waals surface area contributed by atoms with Crippen LogP contribution >= 0.6 is 11.3 Å². The van der Waals surface area contributed by atoms with E-state index in [1.165, 1.54) is 11.3 Å². The Morgan fingerprint density at radius 2 is 2.17 bits per heavy atom. The predicted molar refractivity (Wildman–Crippen MR) is 74.0 cm³/mol. The number of anilines is 1. The maximum Gasteiger partial charge on any atom is 0.256 e. The largest absolute Gasteiger partial charge is 0.322 e. The third kappa shape index (κ3) is 2.10. The lowest BCUT2D eigenvalue weighted by Crippen LogP contribution is -2.10. The van der Waals surface area contributed by atoms with Crippen LogP contribution in [0, 0.1) is 0 Å². The topological polar surface area (TPSA) is 42.0 Å². The van der Waals surface area contributed by atoms with Gasteiger partial charge in [-0.2, -0.15) is 11.3 Å². The van der Waals surface area contributed by atoms with Crippen molar-refractivity contribution in [2.75, 3.05) is 5.32 Å². The fraction of sp³-hybridized carbons (Fsp3) is 0. The van der Waals surface area contributed by atoms with Crippen molar-refractivity contribution in [2.24, 2.45) is 0 Å². The summed E-state index contributed by atoms with van der Waals surface area (Å²) in [6, 6.07) is 11.3. The lowest BCUT2D eigenvalue weighted by molar-refractivity contribution is 0.102. The molecule has 0 spiro atoms. The number of benzene rings is 1. The molecule has 2 aromatic heterocycles. The van der Waals surface area contributed by atoms with E-state index in [2.05, 4.69) is 10.3 Å². The maximum atomic E-state index is 11.9. The molecule has 0 bridgehead atoms. The number of amides is 1. The Balaban J connectivity index is 1.89. The molecule has 2 heterocycles. The molecule has 18 heavy (non-hydrogen) atoms. The van der Waals surface area contributed by atoms with E-state index in [1.807, 2.05) is 47.2 Å². The molecule has 0 radical (unpaired) electrons. The molecule has 0 unspecified atom stereocenters. The minimum atomic E-state index is -0.0838. The second-order valence-corrected chi connectivity index (χ2v) is 4.66. The zero-order chi connectivity index (χ0) is 12.4. The third-order valence-electron chi connectivity index (χ3n) is 2.64. The Morgan fingerprint density at radius 3 is 3.00 bits per heavy atom. The zero-order valence-electron chi connectivity index (χ0n) is 9.46. The first-order chi connectivity index (χ1) is 8.83. The average molecular weight is 254 g/mol. The number of carbonyl (C=O) groups excluding carboxylic acids is 1. The number of hydrogen-bond donors (Lipinski definition) is 1. The number of carbonyl (C=O) groups is 1. The average Bonchev–Trinajstić information content (AvgIpc) is 2.92. The fourth-order valence-electron chi connectivity index (χ4n) is 1.75. The molecule has 0 aliphatic rings. The van der Waals surface area contributed by atoms with Crippen LogP contribution in [0.1, 0.15) is 10.4 Å². The minimum Gasteiger partial charge on any atom is -0.322 e. The molecular weight excluding hydrogens is 244 g/mol. The van der Waals surface area contributed by atoms with E-state index in [-0.39, 0.29) is 5.91 Å². The van der Waals surface area contributed by atoms with Crippen LogP contribution in [-0.4, -0.2) is 10.9 Å². The van der Waals surface area contributed by atoms with Crippen LogP contribution in [-0.2, 0) is 0 Å². The molecular formula is C14H10N2OS. The summed E-state index contributed by atoms with van der Waals surface area (Å²) in [5.41, 5.74) is 2.39. The Kier molecular flexibility index (Phi) is 2.78. The molecule has 88 valence electrons. The number of aromatic nitrogens is 1. The first kappa shape index (κ1) is 10.9. The van der Waals surface area contributed by atoms with Gasteiger partial charge in [0.15, 0.2) is 0 Å². The van der Waals surface area contributed by atoms with Gasteiger partial charge in [0.25, 0.3) is 5.91 Å². The molecule has 0 fully saturated rings. The van der Waals surface area contributed by atoms with Crippen LogP contribution in [0.25, 0.3) is 10.9 Å². The first-order valence-corrected chi connectivity index (χ1v) is 6.45. The Morgan fingerprint density at radius 1 is 1.22 bits per heavy atom. The summed E-state index contributed by atoms with van der Waals surface area (Å²) < 4.78 is 0. The van der Waals surface area contributed by atoms with Gasteiger partial charge in [-0.05, 0) is 35.7 Å². The number of rotatable bonds is 2. The van der Waals surface area contributed by atoms with Crippen molar-refractivity contribution in [3.8, 4) is 0 Å². The van der Waals surface area contributed by atoms with Crippen molar-refractivity contribution < 1.29 is 4.79 Å². The van der Waals surface area contributed by atoms with Crippen LogP contribution in [0.4, 0.5) is 5.69 Å².